The Morgan fingerprint density at radius 2 is 2.00 bits per heavy atom. The predicted molar refractivity (Wildman–Crippen MR) is 82.6 cm³/mol. The monoisotopic (exact) mass is 312 g/mol. The molecule has 1 saturated heterocycles. The van der Waals surface area contributed by atoms with E-state index in [2.05, 4.69) is 0 Å². The van der Waals surface area contributed by atoms with Gasteiger partial charge in [-0.15, -0.1) is 0 Å². The summed E-state index contributed by atoms with van der Waals surface area (Å²) in [4.78, 5) is 14.3. The van der Waals surface area contributed by atoms with Crippen LogP contribution in [-0.2, 0) is 4.79 Å². The molecule has 0 bridgehead atoms. The largest absolute Gasteiger partial charge is 0.329 e. The fraction of sp³-hybridized carbons (Fsp3) is 0.562. The zero-order valence-electron chi connectivity index (χ0n) is 12.7. The number of rotatable bonds is 1. The number of halogens is 2. The van der Waals surface area contributed by atoms with Crippen molar-refractivity contribution in [3.8, 4) is 0 Å². The zero-order valence-corrected chi connectivity index (χ0v) is 13.5. The quantitative estimate of drug-likeness (QED) is 0.860. The standard InChI is InChI=1S/C16H22ClFN2O/c1-16(2,3)20-14(21)6-4-5-13(19)15(20)10-7-11(17)9-12(18)8-10/h7-9,13,15H,4-6,19H2,1-3H3. The molecule has 3 nitrogen and oxygen atoms in total. The van der Waals surface area contributed by atoms with E-state index < -0.39 is 5.82 Å². The first-order valence-electron chi connectivity index (χ1n) is 7.24. The highest BCUT2D eigenvalue weighted by molar-refractivity contribution is 6.30. The summed E-state index contributed by atoms with van der Waals surface area (Å²) in [5, 5.41) is 0.322. The minimum absolute atomic E-state index is 0.0563. The van der Waals surface area contributed by atoms with Crippen LogP contribution in [0.25, 0.3) is 0 Å². The smallest absolute Gasteiger partial charge is 0.223 e. The van der Waals surface area contributed by atoms with Gasteiger partial charge in [0.1, 0.15) is 5.82 Å². The van der Waals surface area contributed by atoms with E-state index in [0.29, 0.717) is 17.0 Å². The first-order chi connectivity index (χ1) is 9.70. The van der Waals surface area contributed by atoms with Crippen molar-refractivity contribution in [2.24, 2.45) is 5.73 Å². The topological polar surface area (TPSA) is 46.3 Å². The van der Waals surface area contributed by atoms with E-state index in [4.69, 9.17) is 17.3 Å². The molecule has 1 aromatic rings. The van der Waals surface area contributed by atoms with E-state index in [1.165, 1.54) is 12.1 Å². The molecule has 0 aromatic heterocycles. The number of carbonyl (C=O) groups excluding carboxylic acids is 1. The highest BCUT2D eigenvalue weighted by Crippen LogP contribution is 2.36. The number of hydrogen-bond donors (Lipinski definition) is 1. The van der Waals surface area contributed by atoms with Crippen LogP contribution < -0.4 is 5.73 Å². The van der Waals surface area contributed by atoms with Gasteiger partial charge in [-0.3, -0.25) is 4.79 Å². The summed E-state index contributed by atoms with van der Waals surface area (Å²) < 4.78 is 13.7. The summed E-state index contributed by atoms with van der Waals surface area (Å²) >= 11 is 5.97. The molecule has 2 rings (SSSR count). The molecule has 1 fully saturated rings. The number of carbonyl (C=O) groups is 1. The van der Waals surface area contributed by atoms with Gasteiger partial charge < -0.3 is 10.6 Å². The second-order valence-electron chi connectivity index (χ2n) is 6.64. The average Bonchev–Trinajstić information content (AvgIpc) is 2.46. The van der Waals surface area contributed by atoms with E-state index >= 15 is 0 Å². The van der Waals surface area contributed by atoms with Gasteiger partial charge in [-0.25, -0.2) is 4.39 Å². The maximum absolute atomic E-state index is 13.7. The van der Waals surface area contributed by atoms with Crippen LogP contribution in [0.1, 0.15) is 51.6 Å². The Balaban J connectivity index is 2.54. The van der Waals surface area contributed by atoms with Crippen molar-refractivity contribution in [2.75, 3.05) is 0 Å². The minimum Gasteiger partial charge on any atom is -0.329 e. The third-order valence-corrected chi connectivity index (χ3v) is 4.05. The molecule has 0 aliphatic carbocycles. The summed E-state index contributed by atoms with van der Waals surface area (Å²) in [5.74, 6) is -0.351. The van der Waals surface area contributed by atoms with Crippen molar-refractivity contribution in [3.63, 3.8) is 0 Å². The van der Waals surface area contributed by atoms with Crippen LogP contribution in [-0.4, -0.2) is 22.4 Å². The predicted octanol–water partition coefficient (Wildman–Crippen LogP) is 3.66. The Labute approximate surface area is 130 Å². The van der Waals surface area contributed by atoms with Crippen LogP contribution in [0, 0.1) is 5.82 Å². The molecule has 2 N–H and O–H groups in total. The van der Waals surface area contributed by atoms with Gasteiger partial charge in [0.25, 0.3) is 0 Å². The van der Waals surface area contributed by atoms with Crippen molar-refractivity contribution in [3.05, 3.63) is 34.6 Å². The molecule has 2 unspecified atom stereocenters. The normalized spacial score (nSPS) is 24.1. The number of nitrogens with zero attached hydrogens (tertiary/aromatic N) is 1. The first-order valence-corrected chi connectivity index (χ1v) is 7.61. The molecule has 5 heteroatoms. The highest BCUT2D eigenvalue weighted by Gasteiger charge is 2.39. The lowest BCUT2D eigenvalue weighted by atomic mass is 9.92. The van der Waals surface area contributed by atoms with Gasteiger partial charge in [-0.1, -0.05) is 11.6 Å². The maximum atomic E-state index is 13.7. The van der Waals surface area contributed by atoms with E-state index in [0.717, 1.165) is 12.8 Å². The SMILES string of the molecule is CC(C)(C)N1C(=O)CCCC(N)C1c1cc(F)cc(Cl)c1. The Kier molecular flexibility index (Phi) is 4.59. The van der Waals surface area contributed by atoms with Crippen molar-refractivity contribution in [1.29, 1.82) is 0 Å². The Bertz CT molecular complexity index is 521. The van der Waals surface area contributed by atoms with Crippen LogP contribution >= 0.6 is 11.6 Å². The lowest BCUT2D eigenvalue weighted by Crippen LogP contribution is -2.51. The maximum Gasteiger partial charge on any atom is 0.223 e. The van der Waals surface area contributed by atoms with Crippen LogP contribution in [0.15, 0.2) is 18.2 Å². The molecule has 0 radical (unpaired) electrons. The van der Waals surface area contributed by atoms with Gasteiger partial charge in [0.05, 0.1) is 6.04 Å². The molecule has 1 heterocycles. The van der Waals surface area contributed by atoms with Gasteiger partial charge in [0, 0.05) is 23.0 Å². The summed E-state index contributed by atoms with van der Waals surface area (Å²) in [5.41, 5.74) is 6.58. The van der Waals surface area contributed by atoms with Crippen LogP contribution in [0.3, 0.4) is 0 Å². The third-order valence-electron chi connectivity index (χ3n) is 3.83. The number of benzene rings is 1. The molecule has 116 valence electrons. The van der Waals surface area contributed by atoms with Crippen molar-refractivity contribution < 1.29 is 9.18 Å². The van der Waals surface area contributed by atoms with E-state index in [1.807, 2.05) is 20.8 Å². The van der Waals surface area contributed by atoms with E-state index in [1.54, 1.807) is 11.0 Å². The second-order valence-corrected chi connectivity index (χ2v) is 7.07. The lowest BCUT2D eigenvalue weighted by molar-refractivity contribution is -0.139. The van der Waals surface area contributed by atoms with Gasteiger partial charge in [0.2, 0.25) is 5.91 Å². The van der Waals surface area contributed by atoms with Crippen LogP contribution in [0.4, 0.5) is 4.39 Å². The molecule has 1 amide bonds. The Hall–Kier alpha value is -1.13. The molecule has 2 atom stereocenters. The van der Waals surface area contributed by atoms with Gasteiger partial charge >= 0.3 is 0 Å². The fourth-order valence-corrected chi connectivity index (χ4v) is 3.28. The Morgan fingerprint density at radius 1 is 1.33 bits per heavy atom. The third kappa shape index (κ3) is 3.55. The van der Waals surface area contributed by atoms with Crippen molar-refractivity contribution in [1.82, 2.24) is 4.90 Å². The molecule has 1 aromatic carbocycles. The fourth-order valence-electron chi connectivity index (χ4n) is 3.05. The molecular formula is C16H22ClFN2O. The molecular weight excluding hydrogens is 291 g/mol. The molecule has 1 aliphatic rings. The van der Waals surface area contributed by atoms with Crippen LogP contribution in [0.5, 0.6) is 0 Å². The van der Waals surface area contributed by atoms with Gasteiger partial charge in [0.15, 0.2) is 0 Å². The van der Waals surface area contributed by atoms with Crippen molar-refractivity contribution >= 4 is 17.5 Å². The van der Waals surface area contributed by atoms with Crippen LogP contribution in [0.2, 0.25) is 5.02 Å². The van der Waals surface area contributed by atoms with Crippen molar-refractivity contribution in [2.45, 2.75) is 57.7 Å². The Morgan fingerprint density at radius 3 is 2.57 bits per heavy atom. The average molecular weight is 313 g/mol. The van der Waals surface area contributed by atoms with Gasteiger partial charge in [-0.05, 0) is 57.4 Å². The lowest BCUT2D eigenvalue weighted by Gasteiger charge is -2.43. The number of amides is 1. The minimum atomic E-state index is -0.407. The summed E-state index contributed by atoms with van der Waals surface area (Å²) in [6.07, 6.45) is 1.97. The van der Waals surface area contributed by atoms with E-state index in [9.17, 15) is 9.18 Å². The molecule has 1 aliphatic heterocycles. The number of nitrogens with two attached hydrogens (primary N) is 1. The molecule has 0 saturated carbocycles. The molecule has 0 spiro atoms. The number of hydrogen-bond acceptors (Lipinski definition) is 2. The summed E-state index contributed by atoms with van der Waals surface area (Å²) in [7, 11) is 0. The summed E-state index contributed by atoms with van der Waals surface area (Å²) in [6, 6.07) is 3.80. The van der Waals surface area contributed by atoms with Gasteiger partial charge in [-0.2, -0.15) is 0 Å². The molecule has 21 heavy (non-hydrogen) atoms. The summed E-state index contributed by atoms with van der Waals surface area (Å²) in [6.45, 7) is 5.91. The zero-order chi connectivity index (χ0) is 15.8. The van der Waals surface area contributed by atoms with E-state index in [-0.39, 0.29) is 23.5 Å². The number of likely N-dealkylation sites (tertiary alicyclic amines) is 1. The first kappa shape index (κ1) is 16.2. The second kappa shape index (κ2) is 5.93. The highest BCUT2D eigenvalue weighted by atomic mass is 35.5.